The number of hydrogen-bond acceptors (Lipinski definition) is 4. The molecule has 8 nitrogen and oxygen atoms in total. The second-order valence-corrected chi connectivity index (χ2v) is 10.6. The van der Waals surface area contributed by atoms with Crippen LogP contribution in [0.15, 0.2) is 72.8 Å². The molecule has 0 bridgehead atoms. The van der Waals surface area contributed by atoms with Gasteiger partial charge in [-0.3, -0.25) is 19.2 Å². The van der Waals surface area contributed by atoms with E-state index in [-0.39, 0.29) is 11.4 Å². The highest BCUT2D eigenvalue weighted by atomic mass is 19.4. The summed E-state index contributed by atoms with van der Waals surface area (Å²) < 4.78 is 78.4. The van der Waals surface area contributed by atoms with Crippen LogP contribution in [-0.4, -0.2) is 45.9 Å². The largest absolute Gasteiger partial charge is 0.471 e. The van der Waals surface area contributed by atoms with Gasteiger partial charge in [0.25, 0.3) is 0 Å². The molecule has 0 aliphatic carbocycles. The molecule has 2 N–H and O–H groups in total. The molecule has 2 heterocycles. The van der Waals surface area contributed by atoms with E-state index in [9.17, 15) is 45.5 Å². The lowest BCUT2D eigenvalue weighted by Crippen LogP contribution is -2.29. The fraction of sp³-hybridized carbons (Fsp3) is 0.176. The topological polar surface area (TPSA) is 102 Å². The Kier molecular flexibility index (Phi) is 9.02. The van der Waals surface area contributed by atoms with Gasteiger partial charge in [0.05, 0.1) is 0 Å². The quantitative estimate of drug-likeness (QED) is 0.138. The highest BCUT2D eigenvalue weighted by Crippen LogP contribution is 2.34. The summed E-state index contributed by atoms with van der Waals surface area (Å²) in [6.07, 6.45) is -8.47. The van der Waals surface area contributed by atoms with E-state index in [4.69, 9.17) is 0 Å². The monoisotopic (exact) mass is 668 g/mol. The van der Waals surface area contributed by atoms with Crippen molar-refractivity contribution in [2.75, 3.05) is 10.6 Å². The van der Waals surface area contributed by atoms with E-state index in [1.807, 2.05) is 33.6 Å². The molecule has 14 heteroatoms. The summed E-state index contributed by atoms with van der Waals surface area (Å²) in [6.45, 7) is 5.22. The van der Waals surface area contributed by atoms with Crippen LogP contribution in [0.25, 0.3) is 43.6 Å². The Bertz CT molecular complexity index is 2070. The van der Waals surface area contributed by atoms with E-state index in [2.05, 4.69) is 0 Å². The zero-order valence-corrected chi connectivity index (χ0v) is 25.3. The number of nitrogens with zero attached hydrogens (tertiary/aromatic N) is 2. The molecule has 0 aliphatic heterocycles. The minimum absolute atomic E-state index is 0.0523. The first-order valence-corrected chi connectivity index (χ1v) is 14.5. The van der Waals surface area contributed by atoms with E-state index in [0.717, 1.165) is 32.8 Å². The second-order valence-electron chi connectivity index (χ2n) is 10.6. The standard InChI is InChI=1S/2C17H13F3N2O2/c2*1-2-22-14-5-3-10(9-23)7-12(14)13-8-11(4-6-15(13)22)21-16(24)17(18,19)20/h2*3-9H,2H2,1H3,(H,21,24). The van der Waals surface area contributed by atoms with Crippen LogP contribution in [0.2, 0.25) is 0 Å². The van der Waals surface area contributed by atoms with Gasteiger partial charge in [-0.25, -0.2) is 0 Å². The molecule has 248 valence electrons. The first-order chi connectivity index (χ1) is 22.7. The third-order valence-electron chi connectivity index (χ3n) is 7.71. The number of amides is 2. The third kappa shape index (κ3) is 6.46. The molecule has 0 saturated heterocycles. The van der Waals surface area contributed by atoms with Gasteiger partial charge in [-0.1, -0.05) is 0 Å². The molecule has 0 radical (unpaired) electrons. The first-order valence-electron chi connectivity index (χ1n) is 14.5. The number of carbonyl (C=O) groups is 4. The third-order valence-corrected chi connectivity index (χ3v) is 7.71. The number of fused-ring (bicyclic) bond motifs is 6. The molecule has 0 unspecified atom stereocenters. The number of alkyl halides is 6. The number of rotatable bonds is 6. The van der Waals surface area contributed by atoms with Crippen molar-refractivity contribution in [1.29, 1.82) is 0 Å². The van der Waals surface area contributed by atoms with Crippen molar-refractivity contribution in [3.05, 3.63) is 83.9 Å². The predicted molar refractivity (Wildman–Crippen MR) is 170 cm³/mol. The van der Waals surface area contributed by atoms with E-state index in [1.165, 1.54) is 24.3 Å². The molecular formula is C34H26F6N4O4. The maximum atomic E-state index is 12.4. The molecule has 4 aromatic carbocycles. The lowest BCUT2D eigenvalue weighted by atomic mass is 10.1. The summed E-state index contributed by atoms with van der Waals surface area (Å²) >= 11 is 0. The SMILES string of the molecule is CCn1c2ccc(C=O)cc2c2cc(NC(=O)C(F)(F)F)ccc21.CCn1c2ccc(C=O)cc2c2cc(NC(=O)C(F)(F)F)ccc21. The number of carbonyl (C=O) groups excluding carboxylic acids is 4. The molecule has 48 heavy (non-hydrogen) atoms. The summed E-state index contributed by atoms with van der Waals surface area (Å²) in [5.41, 5.74) is 4.44. The Hall–Kier alpha value is -5.66. The van der Waals surface area contributed by atoms with Crippen LogP contribution in [0.1, 0.15) is 34.6 Å². The molecule has 0 fully saturated rings. The normalized spacial score (nSPS) is 11.8. The fourth-order valence-electron chi connectivity index (χ4n) is 5.63. The average Bonchev–Trinajstić information content (AvgIpc) is 3.54. The summed E-state index contributed by atoms with van der Waals surface area (Å²) in [6, 6.07) is 19.5. The van der Waals surface area contributed by atoms with Gasteiger partial charge in [0.2, 0.25) is 0 Å². The van der Waals surface area contributed by atoms with Crippen molar-refractivity contribution < 1.29 is 45.5 Å². The van der Waals surface area contributed by atoms with Gasteiger partial charge in [-0.15, -0.1) is 0 Å². The Morgan fingerprint density at radius 1 is 0.562 bits per heavy atom. The number of halogens is 6. The highest BCUT2D eigenvalue weighted by molar-refractivity contribution is 6.12. The Morgan fingerprint density at radius 3 is 1.17 bits per heavy atom. The van der Waals surface area contributed by atoms with Gasteiger partial charge in [0, 0.05) is 79.2 Å². The molecule has 2 amide bonds. The number of nitrogens with one attached hydrogen (secondary N) is 2. The summed E-state index contributed by atoms with van der Waals surface area (Å²) in [4.78, 5) is 44.2. The van der Waals surface area contributed by atoms with E-state index >= 15 is 0 Å². The van der Waals surface area contributed by atoms with E-state index in [0.29, 0.717) is 47.6 Å². The van der Waals surface area contributed by atoms with E-state index in [1.54, 1.807) is 48.5 Å². The van der Waals surface area contributed by atoms with Gasteiger partial charge in [-0.2, -0.15) is 26.3 Å². The Morgan fingerprint density at radius 2 is 0.875 bits per heavy atom. The van der Waals surface area contributed by atoms with Gasteiger partial charge < -0.3 is 19.8 Å². The molecule has 6 aromatic rings. The fourth-order valence-corrected chi connectivity index (χ4v) is 5.63. The van der Waals surface area contributed by atoms with Crippen LogP contribution < -0.4 is 10.6 Å². The number of aryl methyl sites for hydroxylation is 2. The lowest BCUT2D eigenvalue weighted by molar-refractivity contribution is -0.167. The van der Waals surface area contributed by atoms with Crippen LogP contribution in [0.5, 0.6) is 0 Å². The predicted octanol–water partition coefficient (Wildman–Crippen LogP) is 8.26. The van der Waals surface area contributed by atoms with Gasteiger partial charge in [0.15, 0.2) is 0 Å². The van der Waals surface area contributed by atoms with Gasteiger partial charge in [0.1, 0.15) is 12.6 Å². The number of aldehydes is 2. The molecular weight excluding hydrogens is 642 g/mol. The zero-order chi connectivity index (χ0) is 35.0. The molecule has 0 spiro atoms. The van der Waals surface area contributed by atoms with Crippen LogP contribution in [0.3, 0.4) is 0 Å². The molecule has 0 atom stereocenters. The summed E-state index contributed by atoms with van der Waals surface area (Å²) in [5.74, 6) is -4.04. The van der Waals surface area contributed by atoms with Crippen LogP contribution >= 0.6 is 0 Å². The average molecular weight is 669 g/mol. The number of hydrogen-bond donors (Lipinski definition) is 2. The molecule has 0 aliphatic rings. The molecule has 0 saturated carbocycles. The maximum Gasteiger partial charge on any atom is 0.471 e. The van der Waals surface area contributed by atoms with Crippen molar-refractivity contribution in [3.63, 3.8) is 0 Å². The molecule has 2 aromatic heterocycles. The lowest BCUT2D eigenvalue weighted by Gasteiger charge is -2.08. The number of benzene rings is 4. The zero-order valence-electron chi connectivity index (χ0n) is 25.3. The minimum atomic E-state index is -4.95. The van der Waals surface area contributed by atoms with E-state index < -0.39 is 24.2 Å². The van der Waals surface area contributed by atoms with Crippen molar-refractivity contribution in [1.82, 2.24) is 9.13 Å². The first kappa shape index (κ1) is 33.7. The Balaban J connectivity index is 0.000000188. The molecule has 6 rings (SSSR count). The number of aromatic nitrogens is 2. The summed E-state index contributed by atoms with van der Waals surface area (Å²) in [7, 11) is 0. The van der Waals surface area contributed by atoms with Crippen LogP contribution in [0.4, 0.5) is 37.7 Å². The van der Waals surface area contributed by atoms with Gasteiger partial charge >= 0.3 is 24.2 Å². The van der Waals surface area contributed by atoms with Gasteiger partial charge in [-0.05, 0) is 86.6 Å². The van der Waals surface area contributed by atoms with Crippen molar-refractivity contribution >= 4 is 79.4 Å². The minimum Gasteiger partial charge on any atom is -0.341 e. The van der Waals surface area contributed by atoms with Crippen molar-refractivity contribution in [2.45, 2.75) is 39.3 Å². The van der Waals surface area contributed by atoms with Crippen molar-refractivity contribution in [2.24, 2.45) is 0 Å². The smallest absolute Gasteiger partial charge is 0.341 e. The van der Waals surface area contributed by atoms with Crippen molar-refractivity contribution in [3.8, 4) is 0 Å². The summed E-state index contributed by atoms with van der Waals surface area (Å²) in [5, 5.41) is 6.56. The second kappa shape index (κ2) is 12.9. The maximum absolute atomic E-state index is 12.4. The van der Waals surface area contributed by atoms with Crippen LogP contribution in [-0.2, 0) is 22.7 Å². The highest BCUT2D eigenvalue weighted by Gasteiger charge is 2.39. The number of anilines is 2. The Labute approximate surface area is 267 Å². The van der Waals surface area contributed by atoms with Crippen LogP contribution in [0, 0.1) is 0 Å².